The highest BCUT2D eigenvalue weighted by molar-refractivity contribution is 8.02. The molecule has 3 aromatic carbocycles. The molecule has 0 aliphatic heterocycles. The zero-order valence-electron chi connectivity index (χ0n) is 22.3. The Morgan fingerprint density at radius 1 is 0.650 bits per heavy atom. The minimum Gasteiger partial charge on any atom is -0.349 e. The third-order valence-electron chi connectivity index (χ3n) is 7.60. The maximum atomic E-state index is 13.0. The number of carbonyl (C=O) groups excluding carboxylic acids is 2. The Labute approximate surface area is 243 Å². The van der Waals surface area contributed by atoms with Crippen LogP contribution in [0.3, 0.4) is 0 Å². The summed E-state index contributed by atoms with van der Waals surface area (Å²) in [6.45, 7) is 0. The van der Waals surface area contributed by atoms with E-state index in [9.17, 15) is 9.59 Å². The van der Waals surface area contributed by atoms with E-state index in [1.54, 1.807) is 0 Å². The molecular formula is C32H32N4O2S2. The molecule has 2 N–H and O–H groups in total. The molecule has 1 heterocycles. The van der Waals surface area contributed by atoms with E-state index in [2.05, 4.69) is 47.0 Å². The summed E-state index contributed by atoms with van der Waals surface area (Å²) >= 11 is 2.76. The minimum atomic E-state index is -0.0219. The van der Waals surface area contributed by atoms with Gasteiger partial charge < -0.3 is 10.6 Å². The van der Waals surface area contributed by atoms with Crippen molar-refractivity contribution in [2.24, 2.45) is 0 Å². The summed E-state index contributed by atoms with van der Waals surface area (Å²) < 4.78 is 0. The van der Waals surface area contributed by atoms with E-state index in [0.29, 0.717) is 10.1 Å². The van der Waals surface area contributed by atoms with Crippen molar-refractivity contribution in [2.75, 3.05) is 11.5 Å². The Morgan fingerprint density at radius 2 is 1.07 bits per heavy atom. The molecule has 6 rings (SSSR count). The van der Waals surface area contributed by atoms with Crippen molar-refractivity contribution in [2.45, 2.75) is 60.7 Å². The van der Waals surface area contributed by atoms with Crippen LogP contribution in [-0.4, -0.2) is 33.3 Å². The van der Waals surface area contributed by atoms with Crippen molar-refractivity contribution in [3.8, 4) is 0 Å². The van der Waals surface area contributed by atoms with E-state index in [-0.39, 0.29) is 35.4 Å². The van der Waals surface area contributed by atoms with E-state index >= 15 is 0 Å². The molecule has 4 aromatic rings. The number of thioether (sulfide) groups is 2. The lowest BCUT2D eigenvalue weighted by Crippen LogP contribution is -2.32. The van der Waals surface area contributed by atoms with Gasteiger partial charge in [0.1, 0.15) is 10.1 Å². The molecule has 0 fully saturated rings. The van der Waals surface area contributed by atoms with Crippen LogP contribution >= 0.6 is 23.5 Å². The first-order chi connectivity index (χ1) is 19.6. The summed E-state index contributed by atoms with van der Waals surface area (Å²) in [4.78, 5) is 35.7. The number of aromatic nitrogens is 2. The van der Waals surface area contributed by atoms with Crippen LogP contribution in [0.2, 0.25) is 0 Å². The highest BCUT2D eigenvalue weighted by Gasteiger charge is 2.23. The molecule has 2 amide bonds. The topological polar surface area (TPSA) is 84.0 Å². The van der Waals surface area contributed by atoms with E-state index in [0.717, 1.165) is 49.6 Å². The maximum absolute atomic E-state index is 13.0. The van der Waals surface area contributed by atoms with Gasteiger partial charge in [-0.2, -0.15) is 0 Å². The SMILES string of the molecule is O=C(CSc1nc2ccccc2nc1SCC(=O)NC1CCCc2ccccc21)NC1CCCc2ccccc21. The Hall–Kier alpha value is -3.36. The number of fused-ring (bicyclic) bond motifs is 3. The second kappa shape index (κ2) is 12.4. The molecule has 0 bridgehead atoms. The van der Waals surface area contributed by atoms with Gasteiger partial charge in [-0.3, -0.25) is 9.59 Å². The largest absolute Gasteiger partial charge is 0.349 e. The number of benzene rings is 3. The molecule has 0 spiro atoms. The van der Waals surface area contributed by atoms with Gasteiger partial charge >= 0.3 is 0 Å². The number of aryl methyl sites for hydroxylation is 2. The van der Waals surface area contributed by atoms with E-state index in [1.807, 2.05) is 36.4 Å². The van der Waals surface area contributed by atoms with Gasteiger partial charge in [0, 0.05) is 0 Å². The third-order valence-corrected chi connectivity index (χ3v) is 9.66. The number of rotatable bonds is 8. The highest BCUT2D eigenvalue weighted by atomic mass is 32.2. The lowest BCUT2D eigenvalue weighted by atomic mass is 9.88. The minimum absolute atomic E-state index is 0.0219. The van der Waals surface area contributed by atoms with Gasteiger partial charge in [-0.25, -0.2) is 9.97 Å². The molecule has 2 unspecified atom stereocenters. The van der Waals surface area contributed by atoms with Crippen LogP contribution in [0, 0.1) is 0 Å². The van der Waals surface area contributed by atoms with Crippen LogP contribution in [0.5, 0.6) is 0 Å². The molecule has 40 heavy (non-hydrogen) atoms. The number of para-hydroxylation sites is 2. The number of nitrogens with one attached hydrogen (secondary N) is 2. The fraction of sp³-hybridized carbons (Fsp3) is 0.312. The van der Waals surface area contributed by atoms with Gasteiger partial charge in [0.25, 0.3) is 0 Å². The number of hydrogen-bond acceptors (Lipinski definition) is 6. The van der Waals surface area contributed by atoms with Gasteiger partial charge in [0.15, 0.2) is 0 Å². The molecule has 204 valence electrons. The Morgan fingerprint density at radius 3 is 1.55 bits per heavy atom. The van der Waals surface area contributed by atoms with Crippen LogP contribution in [0.25, 0.3) is 11.0 Å². The van der Waals surface area contributed by atoms with Crippen LogP contribution in [0.15, 0.2) is 82.8 Å². The second-order valence-corrected chi connectivity index (χ2v) is 12.3. The van der Waals surface area contributed by atoms with Gasteiger partial charge in [-0.05, 0) is 72.9 Å². The fourth-order valence-corrected chi connectivity index (χ4v) is 7.42. The number of amides is 2. The first kappa shape index (κ1) is 26.8. The Balaban J connectivity index is 1.12. The molecule has 2 atom stereocenters. The maximum Gasteiger partial charge on any atom is 0.230 e. The van der Waals surface area contributed by atoms with E-state index in [1.165, 1.54) is 45.8 Å². The molecule has 2 aliphatic rings. The molecule has 2 aliphatic carbocycles. The van der Waals surface area contributed by atoms with Crippen LogP contribution in [0.1, 0.15) is 60.0 Å². The van der Waals surface area contributed by atoms with Crippen molar-refractivity contribution in [1.29, 1.82) is 0 Å². The van der Waals surface area contributed by atoms with Gasteiger partial charge in [-0.15, -0.1) is 0 Å². The molecule has 1 aromatic heterocycles. The Bertz CT molecular complexity index is 1430. The number of nitrogens with zero attached hydrogens (tertiary/aromatic N) is 2. The summed E-state index contributed by atoms with van der Waals surface area (Å²) in [5, 5.41) is 7.81. The molecule has 8 heteroatoms. The summed E-state index contributed by atoms with van der Waals surface area (Å²) in [7, 11) is 0. The van der Waals surface area contributed by atoms with Gasteiger partial charge in [0.2, 0.25) is 11.8 Å². The van der Waals surface area contributed by atoms with Crippen molar-refractivity contribution in [3.05, 3.63) is 95.1 Å². The van der Waals surface area contributed by atoms with Crippen LogP contribution < -0.4 is 10.6 Å². The average Bonchev–Trinajstić information content (AvgIpc) is 2.99. The molecule has 0 saturated heterocycles. The third kappa shape index (κ3) is 6.18. The predicted molar refractivity (Wildman–Crippen MR) is 162 cm³/mol. The predicted octanol–water partition coefficient (Wildman–Crippen LogP) is 6.20. The molecule has 0 saturated carbocycles. The highest BCUT2D eigenvalue weighted by Crippen LogP contribution is 2.33. The van der Waals surface area contributed by atoms with Crippen molar-refractivity contribution >= 4 is 46.4 Å². The summed E-state index contributed by atoms with van der Waals surface area (Å²) in [5.41, 5.74) is 6.64. The quantitative estimate of drug-likeness (QED) is 0.246. The van der Waals surface area contributed by atoms with Crippen LogP contribution in [-0.2, 0) is 22.4 Å². The lowest BCUT2D eigenvalue weighted by molar-refractivity contribution is -0.120. The Kier molecular flexibility index (Phi) is 8.35. The molecular weight excluding hydrogens is 537 g/mol. The summed E-state index contributed by atoms with van der Waals surface area (Å²) in [6.07, 6.45) is 6.16. The van der Waals surface area contributed by atoms with Crippen molar-refractivity contribution < 1.29 is 9.59 Å². The summed E-state index contributed by atoms with van der Waals surface area (Å²) in [5.74, 6) is 0.437. The fourth-order valence-electron chi connectivity index (χ4n) is 5.70. The normalized spacial score (nSPS) is 18.0. The number of hydrogen-bond donors (Lipinski definition) is 2. The van der Waals surface area contributed by atoms with Crippen LogP contribution in [0.4, 0.5) is 0 Å². The zero-order chi connectivity index (χ0) is 27.3. The first-order valence-electron chi connectivity index (χ1n) is 13.9. The number of carbonyl (C=O) groups is 2. The first-order valence-corrected chi connectivity index (χ1v) is 15.9. The average molecular weight is 569 g/mol. The lowest BCUT2D eigenvalue weighted by Gasteiger charge is -2.26. The zero-order valence-corrected chi connectivity index (χ0v) is 23.9. The van der Waals surface area contributed by atoms with E-state index in [4.69, 9.17) is 9.97 Å². The molecule has 0 radical (unpaired) electrons. The van der Waals surface area contributed by atoms with Gasteiger partial charge in [-0.1, -0.05) is 84.2 Å². The van der Waals surface area contributed by atoms with E-state index < -0.39 is 0 Å². The summed E-state index contributed by atoms with van der Waals surface area (Å²) in [6, 6.07) is 24.5. The van der Waals surface area contributed by atoms with Gasteiger partial charge in [0.05, 0.1) is 34.6 Å². The monoisotopic (exact) mass is 568 g/mol. The smallest absolute Gasteiger partial charge is 0.230 e. The molecule has 6 nitrogen and oxygen atoms in total. The van der Waals surface area contributed by atoms with Crippen molar-refractivity contribution in [1.82, 2.24) is 20.6 Å². The second-order valence-electron chi connectivity index (χ2n) is 10.3. The van der Waals surface area contributed by atoms with Crippen molar-refractivity contribution in [3.63, 3.8) is 0 Å². The standard InChI is InChI=1S/C32H32N4O2S2/c37-29(33-25-17-7-11-21-9-1-3-13-23(21)25)19-39-31-32(36-28-16-6-5-15-27(28)35-31)40-20-30(38)34-26-18-8-12-22-10-2-4-14-24(22)26/h1-6,9-10,13-16,25-26H,7-8,11-12,17-20H2,(H,33,37)(H,34,38).